The molecule has 0 fully saturated rings. The summed E-state index contributed by atoms with van der Waals surface area (Å²) < 4.78 is 14.4. The first-order chi connectivity index (χ1) is 14.5. The average Bonchev–Trinajstić information content (AvgIpc) is 3.24. The Morgan fingerprint density at radius 1 is 1.30 bits per heavy atom. The molecule has 0 radical (unpaired) electrons. The maximum atomic E-state index is 12.8. The van der Waals surface area contributed by atoms with E-state index in [2.05, 4.69) is 15.5 Å². The van der Waals surface area contributed by atoms with Crippen LogP contribution in [0.2, 0.25) is 0 Å². The molecule has 0 aromatic carbocycles. The monoisotopic (exact) mass is 417 g/mol. The third-order valence-electron chi connectivity index (χ3n) is 5.10. The Hall–Kier alpha value is -2.68. The number of esters is 1. The van der Waals surface area contributed by atoms with Crippen molar-refractivity contribution >= 4 is 11.9 Å². The van der Waals surface area contributed by atoms with Gasteiger partial charge in [0.05, 0.1) is 29.3 Å². The third-order valence-corrected chi connectivity index (χ3v) is 5.10. The highest BCUT2D eigenvalue weighted by molar-refractivity contribution is 5.96. The van der Waals surface area contributed by atoms with Gasteiger partial charge in [-0.2, -0.15) is 10.2 Å². The van der Waals surface area contributed by atoms with Gasteiger partial charge in [-0.3, -0.25) is 14.2 Å². The number of carbonyl (C=O) groups is 2. The Bertz CT molecular complexity index is 886. The van der Waals surface area contributed by atoms with Gasteiger partial charge in [0.15, 0.2) is 0 Å². The number of rotatable bonds is 6. The number of hydrogen-bond acceptors (Lipinski definition) is 6. The van der Waals surface area contributed by atoms with Crippen molar-refractivity contribution in [1.29, 1.82) is 0 Å². The number of amides is 1. The largest absolute Gasteiger partial charge is 0.461 e. The Morgan fingerprint density at radius 3 is 2.83 bits per heavy atom. The number of hydrogen-bond donors (Lipinski definition) is 1. The predicted molar refractivity (Wildman–Crippen MR) is 111 cm³/mol. The molecule has 2 aromatic rings. The SMILES string of the molecule is CCc1nn(CCCOC(=O)c2cc(C)nn2C)c2c1C(=O)NCCCOCCC2. The fourth-order valence-electron chi connectivity index (χ4n) is 3.66. The molecule has 0 bridgehead atoms. The van der Waals surface area contributed by atoms with Crippen molar-refractivity contribution in [2.24, 2.45) is 7.05 Å². The van der Waals surface area contributed by atoms with Gasteiger partial charge in [0.2, 0.25) is 0 Å². The van der Waals surface area contributed by atoms with E-state index in [9.17, 15) is 9.59 Å². The maximum absolute atomic E-state index is 12.8. The highest BCUT2D eigenvalue weighted by Crippen LogP contribution is 2.19. The molecule has 1 aliphatic heterocycles. The summed E-state index contributed by atoms with van der Waals surface area (Å²) in [7, 11) is 1.72. The number of nitrogens with zero attached hydrogens (tertiary/aromatic N) is 4. The molecular weight excluding hydrogens is 386 g/mol. The number of aromatic nitrogens is 4. The van der Waals surface area contributed by atoms with E-state index in [1.807, 2.05) is 18.5 Å². The molecule has 0 spiro atoms. The normalized spacial score (nSPS) is 15.2. The van der Waals surface area contributed by atoms with Crippen LogP contribution in [0.15, 0.2) is 6.07 Å². The van der Waals surface area contributed by atoms with Gasteiger partial charge in [0.1, 0.15) is 5.69 Å². The fraction of sp³-hybridized carbons (Fsp3) is 0.619. The van der Waals surface area contributed by atoms with Crippen molar-refractivity contribution in [2.75, 3.05) is 26.4 Å². The van der Waals surface area contributed by atoms with Crippen LogP contribution in [0.5, 0.6) is 0 Å². The zero-order chi connectivity index (χ0) is 21.5. The van der Waals surface area contributed by atoms with Crippen LogP contribution >= 0.6 is 0 Å². The molecule has 0 aliphatic carbocycles. The molecule has 1 N–H and O–H groups in total. The van der Waals surface area contributed by atoms with Gasteiger partial charge in [0.25, 0.3) is 5.91 Å². The minimum absolute atomic E-state index is 0.0620. The Labute approximate surface area is 176 Å². The molecule has 0 saturated heterocycles. The smallest absolute Gasteiger partial charge is 0.356 e. The first-order valence-electron chi connectivity index (χ1n) is 10.6. The molecule has 0 saturated carbocycles. The molecule has 9 nitrogen and oxygen atoms in total. The summed E-state index contributed by atoms with van der Waals surface area (Å²) in [6, 6.07) is 1.71. The van der Waals surface area contributed by atoms with Crippen LogP contribution in [0, 0.1) is 6.92 Å². The van der Waals surface area contributed by atoms with Crippen molar-refractivity contribution in [3.05, 3.63) is 34.4 Å². The second-order valence-corrected chi connectivity index (χ2v) is 7.45. The number of carbonyl (C=O) groups excluding carboxylic acids is 2. The lowest BCUT2D eigenvalue weighted by molar-refractivity contribution is 0.0481. The Morgan fingerprint density at radius 2 is 2.10 bits per heavy atom. The highest BCUT2D eigenvalue weighted by atomic mass is 16.5. The first-order valence-corrected chi connectivity index (χ1v) is 10.6. The van der Waals surface area contributed by atoms with Crippen LogP contribution in [-0.2, 0) is 35.9 Å². The van der Waals surface area contributed by atoms with Crippen LogP contribution in [0.3, 0.4) is 0 Å². The second kappa shape index (κ2) is 10.4. The van der Waals surface area contributed by atoms with Gasteiger partial charge in [-0.1, -0.05) is 6.92 Å². The van der Waals surface area contributed by atoms with Crippen molar-refractivity contribution in [2.45, 2.75) is 52.5 Å². The summed E-state index contributed by atoms with van der Waals surface area (Å²) in [6.07, 6.45) is 3.66. The average molecular weight is 418 g/mol. The fourth-order valence-corrected chi connectivity index (χ4v) is 3.66. The molecular formula is C21H31N5O4. The molecule has 0 atom stereocenters. The van der Waals surface area contributed by atoms with Crippen LogP contribution in [0.1, 0.15) is 64.1 Å². The summed E-state index contributed by atoms with van der Waals surface area (Å²) in [5.74, 6) is -0.448. The predicted octanol–water partition coefficient (Wildman–Crippen LogP) is 1.82. The summed E-state index contributed by atoms with van der Waals surface area (Å²) >= 11 is 0. The summed E-state index contributed by atoms with van der Waals surface area (Å²) in [5.41, 5.74) is 3.65. The minimum Gasteiger partial charge on any atom is -0.461 e. The highest BCUT2D eigenvalue weighted by Gasteiger charge is 2.23. The molecule has 0 unspecified atom stereocenters. The molecule has 9 heteroatoms. The second-order valence-electron chi connectivity index (χ2n) is 7.45. The van der Waals surface area contributed by atoms with Gasteiger partial charge in [-0.05, 0) is 38.7 Å². The van der Waals surface area contributed by atoms with Crippen molar-refractivity contribution in [3.63, 3.8) is 0 Å². The lowest BCUT2D eigenvalue weighted by atomic mass is 10.1. The topological polar surface area (TPSA) is 100 Å². The molecule has 3 rings (SSSR count). The lowest BCUT2D eigenvalue weighted by Gasteiger charge is -2.10. The summed E-state index contributed by atoms with van der Waals surface area (Å²) in [4.78, 5) is 25.0. The molecule has 164 valence electrons. The van der Waals surface area contributed by atoms with Gasteiger partial charge in [-0.25, -0.2) is 4.79 Å². The molecule has 3 heterocycles. The van der Waals surface area contributed by atoms with E-state index in [4.69, 9.17) is 9.47 Å². The van der Waals surface area contributed by atoms with E-state index in [0.717, 1.165) is 36.3 Å². The molecule has 1 amide bonds. The summed E-state index contributed by atoms with van der Waals surface area (Å²) in [5, 5.41) is 11.8. The van der Waals surface area contributed by atoms with Crippen molar-refractivity contribution < 1.29 is 19.1 Å². The van der Waals surface area contributed by atoms with Crippen molar-refractivity contribution in [3.8, 4) is 0 Å². The van der Waals surface area contributed by atoms with Crippen LogP contribution in [0.4, 0.5) is 0 Å². The van der Waals surface area contributed by atoms with Gasteiger partial charge < -0.3 is 14.8 Å². The standard InChI is InChI=1S/C21H31N5O4/c1-4-16-19-17(8-5-11-29-12-6-9-22-20(19)27)26(24-16)10-7-13-30-21(28)18-14-15(2)23-25(18)3/h14H,4-13H2,1-3H3,(H,22,27). The first kappa shape index (κ1) is 22.0. The van der Waals surface area contributed by atoms with Gasteiger partial charge >= 0.3 is 5.97 Å². The summed E-state index contributed by atoms with van der Waals surface area (Å²) in [6.45, 7) is 6.61. The van der Waals surface area contributed by atoms with Crippen LogP contribution in [-0.4, -0.2) is 57.8 Å². The Kier molecular flexibility index (Phi) is 7.62. The molecule has 30 heavy (non-hydrogen) atoms. The van der Waals surface area contributed by atoms with Crippen LogP contribution < -0.4 is 5.32 Å². The van der Waals surface area contributed by atoms with E-state index >= 15 is 0 Å². The van der Waals surface area contributed by atoms with E-state index in [1.54, 1.807) is 13.1 Å². The zero-order valence-corrected chi connectivity index (χ0v) is 18.1. The maximum Gasteiger partial charge on any atom is 0.356 e. The number of aryl methyl sites for hydroxylation is 4. The molecule has 2 aromatic heterocycles. The van der Waals surface area contributed by atoms with E-state index in [0.29, 0.717) is 50.4 Å². The molecule has 1 aliphatic rings. The van der Waals surface area contributed by atoms with Crippen molar-refractivity contribution in [1.82, 2.24) is 24.9 Å². The number of fused-ring (bicyclic) bond motifs is 1. The van der Waals surface area contributed by atoms with E-state index in [1.165, 1.54) is 4.68 Å². The zero-order valence-electron chi connectivity index (χ0n) is 18.1. The van der Waals surface area contributed by atoms with E-state index in [-0.39, 0.29) is 18.5 Å². The number of nitrogens with one attached hydrogen (secondary N) is 1. The number of ether oxygens (including phenoxy) is 2. The van der Waals surface area contributed by atoms with Crippen LogP contribution in [0.25, 0.3) is 0 Å². The van der Waals surface area contributed by atoms with Gasteiger partial charge in [0, 0.05) is 39.8 Å². The minimum atomic E-state index is -0.386. The van der Waals surface area contributed by atoms with E-state index < -0.39 is 0 Å². The quantitative estimate of drug-likeness (QED) is 0.568. The van der Waals surface area contributed by atoms with Gasteiger partial charge in [-0.15, -0.1) is 0 Å². The third kappa shape index (κ3) is 5.27. The lowest BCUT2D eigenvalue weighted by Crippen LogP contribution is -2.26. The Balaban J connectivity index is 1.66.